The SMILES string of the molecule is CC(C)[C@H]1C(=O)N(S(C)(=O)=O)[C@H]2CCN(C(=O)c3cc(CN4CCOCC4)n(C)n3)[C@H]12.Cl. The molecule has 3 atom stereocenters. The van der Waals surface area contributed by atoms with E-state index >= 15 is 0 Å². The fourth-order valence-electron chi connectivity index (χ4n) is 5.16. The van der Waals surface area contributed by atoms with E-state index in [2.05, 4.69) is 10.00 Å². The van der Waals surface area contributed by atoms with Crippen LogP contribution in [0, 0.1) is 11.8 Å². The first-order valence-electron chi connectivity index (χ1n) is 10.8. The highest BCUT2D eigenvalue weighted by atomic mass is 35.5. The van der Waals surface area contributed by atoms with Gasteiger partial charge in [0.25, 0.3) is 5.91 Å². The van der Waals surface area contributed by atoms with E-state index < -0.39 is 33.9 Å². The van der Waals surface area contributed by atoms with Crippen LogP contribution >= 0.6 is 12.4 Å². The molecule has 10 nitrogen and oxygen atoms in total. The average Bonchev–Trinajstić information content (AvgIpc) is 3.33. The van der Waals surface area contributed by atoms with E-state index in [0.29, 0.717) is 38.4 Å². The van der Waals surface area contributed by atoms with Gasteiger partial charge in [0.1, 0.15) is 0 Å². The van der Waals surface area contributed by atoms with Crippen LogP contribution in [-0.2, 0) is 33.1 Å². The Hall–Kier alpha value is -1.69. The lowest BCUT2D eigenvalue weighted by Gasteiger charge is -2.28. The number of hydrogen-bond donors (Lipinski definition) is 0. The van der Waals surface area contributed by atoms with Crippen LogP contribution in [-0.4, -0.2) is 95.3 Å². The molecule has 0 unspecified atom stereocenters. The number of hydrogen-bond acceptors (Lipinski definition) is 7. The molecule has 0 N–H and O–H groups in total. The quantitative estimate of drug-likeness (QED) is 0.587. The number of nitrogens with zero attached hydrogens (tertiary/aromatic N) is 5. The number of carbonyl (C=O) groups is 2. The van der Waals surface area contributed by atoms with Crippen molar-refractivity contribution in [1.82, 2.24) is 23.9 Å². The van der Waals surface area contributed by atoms with Crippen LogP contribution in [0.1, 0.15) is 36.5 Å². The van der Waals surface area contributed by atoms with Crippen molar-refractivity contribution in [2.75, 3.05) is 39.1 Å². The normalized spacial score (nSPS) is 26.5. The number of carbonyl (C=O) groups excluding carboxylic acids is 2. The number of aromatic nitrogens is 2. The van der Waals surface area contributed by atoms with Gasteiger partial charge in [-0.25, -0.2) is 12.7 Å². The van der Waals surface area contributed by atoms with Crippen molar-refractivity contribution < 1.29 is 22.7 Å². The molecule has 2 amide bonds. The highest BCUT2D eigenvalue weighted by Gasteiger charge is 2.58. The lowest BCUT2D eigenvalue weighted by Crippen LogP contribution is -2.44. The fraction of sp³-hybridized carbons (Fsp3) is 0.750. The summed E-state index contributed by atoms with van der Waals surface area (Å²) in [4.78, 5) is 30.3. The van der Waals surface area contributed by atoms with Crippen LogP contribution in [0.25, 0.3) is 0 Å². The summed E-state index contributed by atoms with van der Waals surface area (Å²) >= 11 is 0. The number of sulfonamides is 1. The van der Waals surface area contributed by atoms with Gasteiger partial charge in [-0.15, -0.1) is 12.4 Å². The zero-order valence-corrected chi connectivity index (χ0v) is 20.6. The van der Waals surface area contributed by atoms with Crippen molar-refractivity contribution in [3.05, 3.63) is 17.5 Å². The van der Waals surface area contributed by atoms with Gasteiger partial charge < -0.3 is 9.64 Å². The Balaban J connectivity index is 0.00000289. The lowest BCUT2D eigenvalue weighted by molar-refractivity contribution is -0.129. The van der Waals surface area contributed by atoms with Gasteiger partial charge >= 0.3 is 0 Å². The Morgan fingerprint density at radius 3 is 2.50 bits per heavy atom. The van der Waals surface area contributed by atoms with Crippen LogP contribution < -0.4 is 0 Å². The molecule has 0 radical (unpaired) electrons. The summed E-state index contributed by atoms with van der Waals surface area (Å²) in [6.07, 6.45) is 1.51. The van der Waals surface area contributed by atoms with E-state index in [-0.39, 0.29) is 24.2 Å². The van der Waals surface area contributed by atoms with Gasteiger partial charge in [0.05, 0.1) is 43.2 Å². The molecule has 1 aromatic heterocycles. The highest BCUT2D eigenvalue weighted by molar-refractivity contribution is 7.88. The van der Waals surface area contributed by atoms with E-state index in [1.54, 1.807) is 15.6 Å². The molecule has 3 fully saturated rings. The molecular weight excluding hydrogens is 458 g/mol. The number of rotatable bonds is 5. The van der Waals surface area contributed by atoms with Crippen LogP contribution in [0.3, 0.4) is 0 Å². The van der Waals surface area contributed by atoms with Crippen molar-refractivity contribution in [2.24, 2.45) is 18.9 Å². The zero-order chi connectivity index (χ0) is 22.5. The maximum atomic E-state index is 13.4. The summed E-state index contributed by atoms with van der Waals surface area (Å²) in [5.74, 6) is -1.27. The van der Waals surface area contributed by atoms with Gasteiger partial charge in [0.2, 0.25) is 15.9 Å². The Kier molecular flexibility index (Phi) is 7.23. The predicted molar refractivity (Wildman–Crippen MR) is 120 cm³/mol. The molecule has 3 saturated heterocycles. The topological polar surface area (TPSA) is 105 Å². The minimum atomic E-state index is -3.69. The van der Waals surface area contributed by atoms with Gasteiger partial charge in [0.15, 0.2) is 5.69 Å². The van der Waals surface area contributed by atoms with E-state index in [0.717, 1.165) is 29.3 Å². The van der Waals surface area contributed by atoms with Crippen LogP contribution in [0.15, 0.2) is 6.07 Å². The van der Waals surface area contributed by atoms with Crippen LogP contribution in [0.5, 0.6) is 0 Å². The molecule has 32 heavy (non-hydrogen) atoms. The summed E-state index contributed by atoms with van der Waals surface area (Å²) < 4.78 is 32.7. The number of likely N-dealkylation sites (tertiary alicyclic amines) is 1. The van der Waals surface area contributed by atoms with Gasteiger partial charge in [-0.3, -0.25) is 19.2 Å². The van der Waals surface area contributed by atoms with E-state index in [1.165, 1.54) is 0 Å². The molecule has 3 aliphatic rings. The van der Waals surface area contributed by atoms with Crippen molar-refractivity contribution >= 4 is 34.2 Å². The van der Waals surface area contributed by atoms with Crippen molar-refractivity contribution in [1.29, 1.82) is 0 Å². The third-order valence-electron chi connectivity index (χ3n) is 6.61. The molecule has 4 rings (SSSR count). The third kappa shape index (κ3) is 4.40. The molecular formula is C20H32ClN5O5S. The Morgan fingerprint density at radius 1 is 1.25 bits per heavy atom. The maximum Gasteiger partial charge on any atom is 0.274 e. The van der Waals surface area contributed by atoms with E-state index in [4.69, 9.17) is 4.74 Å². The number of morpholine rings is 1. The highest BCUT2D eigenvalue weighted by Crippen LogP contribution is 2.41. The Bertz CT molecular complexity index is 975. The Labute approximate surface area is 195 Å². The first-order valence-corrected chi connectivity index (χ1v) is 12.6. The second kappa shape index (κ2) is 9.28. The minimum Gasteiger partial charge on any atom is -0.379 e. The molecule has 4 heterocycles. The molecule has 0 aliphatic carbocycles. The molecule has 3 aliphatic heterocycles. The molecule has 0 spiro atoms. The van der Waals surface area contributed by atoms with Crippen molar-refractivity contribution in [3.8, 4) is 0 Å². The first kappa shape index (κ1) is 24.9. The number of halogens is 1. The molecule has 0 saturated carbocycles. The van der Waals surface area contributed by atoms with E-state index in [9.17, 15) is 18.0 Å². The summed E-state index contributed by atoms with van der Waals surface area (Å²) in [5, 5.41) is 4.44. The van der Waals surface area contributed by atoms with Crippen LogP contribution in [0.4, 0.5) is 0 Å². The molecule has 1 aromatic rings. The predicted octanol–water partition coefficient (Wildman–Crippen LogP) is 0.331. The standard InChI is InChI=1S/C20H31N5O5S.ClH/c1-13(2)17-18-16(25(20(17)27)31(4,28)29)5-6-24(18)19(26)15-11-14(22(3)21-15)12-23-7-9-30-10-8-23;/h11,13,16-18H,5-10,12H2,1-4H3;1H/t16-,17+,18-;/m0./s1. The summed E-state index contributed by atoms with van der Waals surface area (Å²) in [7, 11) is -1.87. The second-order valence-corrected chi connectivity index (χ2v) is 10.9. The van der Waals surface area contributed by atoms with Gasteiger partial charge in [-0.2, -0.15) is 5.10 Å². The average molecular weight is 490 g/mol. The number of ether oxygens (including phenoxy) is 1. The van der Waals surface area contributed by atoms with Crippen molar-refractivity contribution in [2.45, 2.75) is 38.9 Å². The lowest BCUT2D eigenvalue weighted by atomic mass is 9.88. The number of fused-ring (bicyclic) bond motifs is 1. The zero-order valence-electron chi connectivity index (χ0n) is 18.9. The van der Waals surface area contributed by atoms with Gasteiger partial charge in [-0.1, -0.05) is 13.8 Å². The van der Waals surface area contributed by atoms with Crippen molar-refractivity contribution in [3.63, 3.8) is 0 Å². The number of aryl methyl sites for hydroxylation is 1. The molecule has 0 aromatic carbocycles. The Morgan fingerprint density at radius 2 is 1.91 bits per heavy atom. The molecule has 12 heteroatoms. The minimum absolute atomic E-state index is 0. The maximum absolute atomic E-state index is 13.4. The smallest absolute Gasteiger partial charge is 0.274 e. The monoisotopic (exact) mass is 489 g/mol. The number of amides is 2. The van der Waals surface area contributed by atoms with Crippen LogP contribution in [0.2, 0.25) is 0 Å². The summed E-state index contributed by atoms with van der Waals surface area (Å²) in [6.45, 7) is 7.95. The first-order chi connectivity index (χ1) is 14.6. The largest absolute Gasteiger partial charge is 0.379 e. The summed E-state index contributed by atoms with van der Waals surface area (Å²) in [5.41, 5.74) is 1.26. The summed E-state index contributed by atoms with van der Waals surface area (Å²) in [6, 6.07) is 0.843. The fourth-order valence-corrected chi connectivity index (χ4v) is 6.33. The molecule has 0 bridgehead atoms. The van der Waals surface area contributed by atoms with Gasteiger partial charge in [0, 0.05) is 33.2 Å². The third-order valence-corrected chi connectivity index (χ3v) is 7.78. The van der Waals surface area contributed by atoms with Gasteiger partial charge in [-0.05, 0) is 18.4 Å². The van der Waals surface area contributed by atoms with E-state index in [1.807, 2.05) is 20.9 Å². The second-order valence-electron chi connectivity index (χ2n) is 9.05. The molecule has 180 valence electrons.